The highest BCUT2D eigenvalue weighted by molar-refractivity contribution is 6.30. The molecule has 0 aliphatic heterocycles. The maximum absolute atomic E-state index is 5.88. The Morgan fingerprint density at radius 3 is 2.61 bits per heavy atom. The fraction of sp³-hybridized carbons (Fsp3) is 0.0714. The molecule has 0 amide bonds. The van der Waals surface area contributed by atoms with Crippen LogP contribution >= 0.6 is 11.6 Å². The highest BCUT2D eigenvalue weighted by Gasteiger charge is 2.07. The average molecular weight is 258 g/mol. The van der Waals surface area contributed by atoms with Gasteiger partial charge in [-0.05, 0) is 35.9 Å². The molecule has 0 radical (unpaired) electrons. The summed E-state index contributed by atoms with van der Waals surface area (Å²) in [5.74, 6) is 0.836. The number of fused-ring (bicyclic) bond motifs is 1. The molecule has 3 aromatic rings. The van der Waals surface area contributed by atoms with E-state index in [1.165, 1.54) is 0 Å². The maximum Gasteiger partial charge on any atom is 0.138 e. The van der Waals surface area contributed by atoms with Gasteiger partial charge in [0.05, 0.1) is 11.0 Å². The Morgan fingerprint density at radius 1 is 1.11 bits per heavy atom. The largest absolute Gasteiger partial charge is 0.338 e. The van der Waals surface area contributed by atoms with Crippen LogP contribution in [0, 0.1) is 0 Å². The summed E-state index contributed by atoms with van der Waals surface area (Å²) in [5, 5.41) is 0.720. The molecule has 1 aromatic heterocycles. The van der Waals surface area contributed by atoms with Crippen molar-refractivity contribution in [2.75, 3.05) is 0 Å². The van der Waals surface area contributed by atoms with Crippen LogP contribution in [0.4, 0.5) is 0 Å². The summed E-state index contributed by atoms with van der Waals surface area (Å²) in [6.07, 6.45) is 0. The number of hydrogen-bond donors (Lipinski definition) is 2. The number of imidazole rings is 1. The van der Waals surface area contributed by atoms with E-state index in [4.69, 9.17) is 17.3 Å². The third kappa shape index (κ3) is 1.88. The summed E-state index contributed by atoms with van der Waals surface area (Å²) < 4.78 is 0. The van der Waals surface area contributed by atoms with Crippen molar-refractivity contribution >= 4 is 22.6 Å². The molecule has 0 atom stereocenters. The van der Waals surface area contributed by atoms with Crippen LogP contribution in [-0.4, -0.2) is 9.97 Å². The number of nitrogens with one attached hydrogen (secondary N) is 1. The van der Waals surface area contributed by atoms with Crippen LogP contribution < -0.4 is 5.73 Å². The number of halogens is 1. The Morgan fingerprint density at radius 2 is 1.89 bits per heavy atom. The standard InChI is InChI=1S/C14H12ClN3/c15-11-6-4-9(5-7-11)14-17-12-3-1-2-10(8-16)13(12)18-14/h1-7H,8,16H2,(H,17,18). The Hall–Kier alpha value is -1.84. The predicted molar refractivity (Wildman–Crippen MR) is 74.4 cm³/mol. The quantitative estimate of drug-likeness (QED) is 0.740. The Bertz CT molecular complexity index is 686. The Kier molecular flexibility index (Phi) is 2.78. The highest BCUT2D eigenvalue weighted by atomic mass is 35.5. The van der Waals surface area contributed by atoms with Gasteiger partial charge in [-0.1, -0.05) is 23.7 Å². The minimum absolute atomic E-state index is 0.488. The molecule has 3 rings (SSSR count). The SMILES string of the molecule is NCc1cccc2[nH]c(-c3ccc(Cl)cc3)nc12. The van der Waals surface area contributed by atoms with Crippen molar-refractivity contribution in [3.63, 3.8) is 0 Å². The molecule has 3 nitrogen and oxygen atoms in total. The molecule has 0 spiro atoms. The zero-order valence-electron chi connectivity index (χ0n) is 9.65. The molecule has 0 aliphatic rings. The first kappa shape index (κ1) is 11.3. The average Bonchev–Trinajstić information content (AvgIpc) is 2.83. The van der Waals surface area contributed by atoms with Gasteiger partial charge in [0.15, 0.2) is 0 Å². The van der Waals surface area contributed by atoms with Crippen LogP contribution in [0.15, 0.2) is 42.5 Å². The second-order valence-electron chi connectivity index (χ2n) is 4.11. The molecule has 90 valence electrons. The summed E-state index contributed by atoms with van der Waals surface area (Å²) in [7, 11) is 0. The van der Waals surface area contributed by atoms with Crippen molar-refractivity contribution in [3.05, 3.63) is 53.1 Å². The van der Waals surface area contributed by atoms with Gasteiger partial charge >= 0.3 is 0 Å². The molecule has 4 heteroatoms. The van der Waals surface area contributed by atoms with Gasteiger partial charge < -0.3 is 10.7 Å². The molecule has 18 heavy (non-hydrogen) atoms. The van der Waals surface area contributed by atoms with Crippen LogP contribution in [0.3, 0.4) is 0 Å². The lowest BCUT2D eigenvalue weighted by molar-refractivity contribution is 1.08. The number of benzene rings is 2. The molecule has 0 saturated carbocycles. The minimum Gasteiger partial charge on any atom is -0.338 e. The van der Waals surface area contributed by atoms with Crippen LogP contribution in [0.1, 0.15) is 5.56 Å². The van der Waals surface area contributed by atoms with Gasteiger partial charge in [-0.3, -0.25) is 0 Å². The van der Waals surface area contributed by atoms with Gasteiger partial charge in [0.2, 0.25) is 0 Å². The van der Waals surface area contributed by atoms with E-state index in [-0.39, 0.29) is 0 Å². The molecular weight excluding hydrogens is 246 g/mol. The lowest BCUT2D eigenvalue weighted by atomic mass is 10.2. The van der Waals surface area contributed by atoms with Crippen LogP contribution in [0.25, 0.3) is 22.4 Å². The lowest BCUT2D eigenvalue weighted by Crippen LogP contribution is -1.96. The molecule has 3 N–H and O–H groups in total. The first-order valence-electron chi connectivity index (χ1n) is 5.71. The normalized spacial score (nSPS) is 11.0. The van der Waals surface area contributed by atoms with E-state index >= 15 is 0 Å². The van der Waals surface area contributed by atoms with E-state index in [0.717, 1.165) is 33.0 Å². The van der Waals surface area contributed by atoms with Gasteiger partial charge in [-0.2, -0.15) is 0 Å². The third-order valence-corrected chi connectivity index (χ3v) is 3.19. The van der Waals surface area contributed by atoms with Gasteiger partial charge in [0, 0.05) is 17.1 Å². The summed E-state index contributed by atoms with van der Waals surface area (Å²) in [6.45, 7) is 0.488. The van der Waals surface area contributed by atoms with E-state index in [9.17, 15) is 0 Å². The van der Waals surface area contributed by atoms with Crippen molar-refractivity contribution < 1.29 is 0 Å². The predicted octanol–water partition coefficient (Wildman–Crippen LogP) is 3.34. The monoisotopic (exact) mass is 257 g/mol. The Labute approximate surface area is 110 Å². The van der Waals surface area contributed by atoms with E-state index < -0.39 is 0 Å². The maximum atomic E-state index is 5.88. The van der Waals surface area contributed by atoms with Gasteiger partial charge in [0.1, 0.15) is 5.82 Å². The van der Waals surface area contributed by atoms with E-state index in [2.05, 4.69) is 9.97 Å². The van der Waals surface area contributed by atoms with Crippen LogP contribution in [0.2, 0.25) is 5.02 Å². The number of para-hydroxylation sites is 1. The van der Waals surface area contributed by atoms with E-state index in [0.29, 0.717) is 6.54 Å². The second kappa shape index (κ2) is 4.44. The summed E-state index contributed by atoms with van der Waals surface area (Å²) >= 11 is 5.88. The van der Waals surface area contributed by atoms with E-state index in [1.54, 1.807) is 0 Å². The van der Waals surface area contributed by atoms with Gasteiger partial charge in [0.25, 0.3) is 0 Å². The number of hydrogen-bond acceptors (Lipinski definition) is 2. The third-order valence-electron chi connectivity index (χ3n) is 2.93. The second-order valence-corrected chi connectivity index (χ2v) is 4.55. The van der Waals surface area contributed by atoms with Gasteiger partial charge in [-0.25, -0.2) is 4.98 Å². The number of aromatic nitrogens is 2. The first-order valence-corrected chi connectivity index (χ1v) is 6.09. The molecule has 2 aromatic carbocycles. The van der Waals surface area contributed by atoms with Crippen molar-refractivity contribution in [1.29, 1.82) is 0 Å². The van der Waals surface area contributed by atoms with Crippen molar-refractivity contribution in [1.82, 2.24) is 9.97 Å². The number of aromatic amines is 1. The number of nitrogens with zero attached hydrogens (tertiary/aromatic N) is 1. The number of nitrogens with two attached hydrogens (primary N) is 1. The topological polar surface area (TPSA) is 54.7 Å². The lowest BCUT2D eigenvalue weighted by Gasteiger charge is -1.96. The van der Waals surface area contributed by atoms with Crippen molar-refractivity contribution in [2.45, 2.75) is 6.54 Å². The molecule has 0 unspecified atom stereocenters. The zero-order chi connectivity index (χ0) is 12.5. The van der Waals surface area contributed by atoms with Gasteiger partial charge in [-0.15, -0.1) is 0 Å². The van der Waals surface area contributed by atoms with Crippen molar-refractivity contribution in [2.24, 2.45) is 5.73 Å². The van der Waals surface area contributed by atoms with E-state index in [1.807, 2.05) is 42.5 Å². The number of H-pyrrole nitrogens is 1. The summed E-state index contributed by atoms with van der Waals surface area (Å²) in [4.78, 5) is 7.90. The molecule has 0 aliphatic carbocycles. The fourth-order valence-electron chi connectivity index (χ4n) is 2.00. The zero-order valence-corrected chi connectivity index (χ0v) is 10.4. The van der Waals surface area contributed by atoms with Crippen LogP contribution in [0.5, 0.6) is 0 Å². The minimum atomic E-state index is 0.488. The first-order chi connectivity index (χ1) is 8.78. The molecule has 0 fully saturated rings. The Balaban J connectivity index is 2.16. The summed E-state index contributed by atoms with van der Waals surface area (Å²) in [5.41, 5.74) is 9.71. The molecule has 1 heterocycles. The van der Waals surface area contributed by atoms with Crippen molar-refractivity contribution in [3.8, 4) is 11.4 Å². The molecule has 0 bridgehead atoms. The smallest absolute Gasteiger partial charge is 0.138 e. The fourth-order valence-corrected chi connectivity index (χ4v) is 2.13. The highest BCUT2D eigenvalue weighted by Crippen LogP contribution is 2.23. The molecule has 0 saturated heterocycles. The number of rotatable bonds is 2. The summed E-state index contributed by atoms with van der Waals surface area (Å²) in [6, 6.07) is 13.6. The van der Waals surface area contributed by atoms with Crippen LogP contribution in [-0.2, 0) is 6.54 Å². The molecular formula is C14H12ClN3.